The van der Waals surface area contributed by atoms with Crippen LogP contribution < -0.4 is 11.5 Å². The molecular weight excluding hydrogens is 216 g/mol. The molecule has 0 aliphatic rings. The zero-order valence-electron chi connectivity index (χ0n) is 5.82. The number of nitrogens with two attached hydrogens (primary N) is 2. The number of hydrogen-bond acceptors (Lipinski definition) is 3. The lowest BCUT2D eigenvalue weighted by molar-refractivity contribution is -0.137. The summed E-state index contributed by atoms with van der Waals surface area (Å²) in [6.07, 6.45) is -0.0191. The van der Waals surface area contributed by atoms with Crippen LogP contribution in [0.3, 0.4) is 0 Å². The van der Waals surface area contributed by atoms with Crippen molar-refractivity contribution in [2.75, 3.05) is 0 Å². The van der Waals surface area contributed by atoms with Crippen molar-refractivity contribution in [1.82, 2.24) is 0 Å². The molecule has 5 nitrogen and oxygen atoms in total. The summed E-state index contributed by atoms with van der Waals surface area (Å²) in [5.41, 5.74) is 9.89. The molecule has 6 heteroatoms. The largest absolute Gasteiger partial charge is 0.481 e. The van der Waals surface area contributed by atoms with Crippen molar-refractivity contribution in [2.45, 2.75) is 18.9 Å². The Morgan fingerprint density at radius 3 is 2.18 bits per heavy atom. The molecule has 0 radical (unpaired) electrons. The molecule has 0 saturated heterocycles. The van der Waals surface area contributed by atoms with Gasteiger partial charge in [0.05, 0.1) is 6.04 Å². The standard InChI is InChI=1S/C5H10N2O3.BrH/c6-3(5(7)10)1-2-4(8)9;/h3H,1-2,6H2,(H2,7,10)(H,8,9);1H/t3-;/m0./s1. The van der Waals surface area contributed by atoms with E-state index in [-0.39, 0.29) is 29.8 Å². The summed E-state index contributed by atoms with van der Waals surface area (Å²) in [5.74, 6) is -1.64. The second-order valence-electron chi connectivity index (χ2n) is 1.94. The first kappa shape index (κ1) is 13.0. The molecule has 0 rings (SSSR count). The smallest absolute Gasteiger partial charge is 0.303 e. The Bertz CT molecular complexity index is 151. The van der Waals surface area contributed by atoms with Gasteiger partial charge in [-0.2, -0.15) is 0 Å². The Balaban J connectivity index is 0. The van der Waals surface area contributed by atoms with Crippen molar-refractivity contribution in [3.63, 3.8) is 0 Å². The van der Waals surface area contributed by atoms with E-state index in [4.69, 9.17) is 16.6 Å². The molecular formula is C5H11BrN2O3. The van der Waals surface area contributed by atoms with Gasteiger partial charge in [0, 0.05) is 6.42 Å². The second kappa shape index (κ2) is 6.11. The maximum Gasteiger partial charge on any atom is 0.303 e. The summed E-state index contributed by atoms with van der Waals surface area (Å²) >= 11 is 0. The van der Waals surface area contributed by atoms with Gasteiger partial charge in [-0.3, -0.25) is 9.59 Å². The van der Waals surface area contributed by atoms with E-state index in [9.17, 15) is 9.59 Å². The number of carbonyl (C=O) groups is 2. The Hall–Kier alpha value is -0.620. The van der Waals surface area contributed by atoms with E-state index in [1.54, 1.807) is 0 Å². The van der Waals surface area contributed by atoms with Gasteiger partial charge in [-0.05, 0) is 6.42 Å². The van der Waals surface area contributed by atoms with Crippen LogP contribution in [0.25, 0.3) is 0 Å². The van der Waals surface area contributed by atoms with Crippen LogP contribution in [0, 0.1) is 0 Å². The summed E-state index contributed by atoms with van der Waals surface area (Å²) < 4.78 is 0. The van der Waals surface area contributed by atoms with Gasteiger partial charge in [0.1, 0.15) is 0 Å². The quantitative estimate of drug-likeness (QED) is 0.586. The molecule has 0 heterocycles. The van der Waals surface area contributed by atoms with E-state index in [0.29, 0.717) is 0 Å². The lowest BCUT2D eigenvalue weighted by Crippen LogP contribution is -2.36. The van der Waals surface area contributed by atoms with Crippen LogP contribution in [0.5, 0.6) is 0 Å². The van der Waals surface area contributed by atoms with Crippen LogP contribution in [0.15, 0.2) is 0 Å². The van der Waals surface area contributed by atoms with Gasteiger partial charge in [0.25, 0.3) is 0 Å². The SMILES string of the molecule is Br.NC(=O)[C@@H](N)CCC(=O)O. The minimum atomic E-state index is -0.975. The number of hydrogen-bond donors (Lipinski definition) is 3. The molecule has 0 aromatic heterocycles. The molecule has 0 bridgehead atoms. The normalized spacial score (nSPS) is 11.4. The lowest BCUT2D eigenvalue weighted by atomic mass is 10.1. The zero-order chi connectivity index (χ0) is 8.15. The number of amides is 1. The van der Waals surface area contributed by atoms with Crippen molar-refractivity contribution in [2.24, 2.45) is 11.5 Å². The predicted octanol–water partition coefficient (Wildman–Crippen LogP) is -0.758. The van der Waals surface area contributed by atoms with Gasteiger partial charge in [0.2, 0.25) is 5.91 Å². The second-order valence-corrected chi connectivity index (χ2v) is 1.94. The first-order valence-electron chi connectivity index (χ1n) is 2.80. The highest BCUT2D eigenvalue weighted by atomic mass is 79.9. The zero-order valence-corrected chi connectivity index (χ0v) is 7.53. The van der Waals surface area contributed by atoms with Crippen molar-refractivity contribution in [3.8, 4) is 0 Å². The number of carboxylic acid groups (broad SMARTS) is 1. The molecule has 66 valence electrons. The molecule has 1 amide bonds. The average molecular weight is 227 g/mol. The van der Waals surface area contributed by atoms with Gasteiger partial charge in [-0.15, -0.1) is 17.0 Å². The van der Waals surface area contributed by atoms with Crippen LogP contribution in [0.4, 0.5) is 0 Å². The maximum atomic E-state index is 10.2. The van der Waals surface area contributed by atoms with Crippen molar-refractivity contribution in [1.29, 1.82) is 0 Å². The summed E-state index contributed by atoms with van der Waals surface area (Å²) in [4.78, 5) is 20.1. The Kier molecular flexibility index (Phi) is 7.23. The van der Waals surface area contributed by atoms with Crippen LogP contribution in [0.1, 0.15) is 12.8 Å². The average Bonchev–Trinajstić information content (AvgIpc) is 1.82. The molecule has 0 unspecified atom stereocenters. The van der Waals surface area contributed by atoms with E-state index < -0.39 is 17.9 Å². The molecule has 0 spiro atoms. The Morgan fingerprint density at radius 2 is 1.91 bits per heavy atom. The fourth-order valence-corrected chi connectivity index (χ4v) is 0.421. The summed E-state index contributed by atoms with van der Waals surface area (Å²) in [5, 5.41) is 8.14. The number of primary amides is 1. The van der Waals surface area contributed by atoms with Gasteiger partial charge in [-0.1, -0.05) is 0 Å². The molecule has 5 N–H and O–H groups in total. The van der Waals surface area contributed by atoms with E-state index in [1.807, 2.05) is 0 Å². The summed E-state index contributed by atoms with van der Waals surface area (Å²) in [6.45, 7) is 0. The third kappa shape index (κ3) is 7.27. The molecule has 0 saturated carbocycles. The van der Waals surface area contributed by atoms with E-state index in [1.165, 1.54) is 0 Å². The first-order valence-corrected chi connectivity index (χ1v) is 2.80. The fraction of sp³-hybridized carbons (Fsp3) is 0.600. The molecule has 0 aromatic rings. The number of halogens is 1. The molecule has 0 aliphatic carbocycles. The Labute approximate surface area is 74.5 Å². The van der Waals surface area contributed by atoms with Crippen LogP contribution in [-0.4, -0.2) is 23.0 Å². The molecule has 1 atom stereocenters. The minimum absolute atomic E-state index is 0. The van der Waals surface area contributed by atoms with Gasteiger partial charge >= 0.3 is 5.97 Å². The number of rotatable bonds is 4. The number of carboxylic acids is 1. The maximum absolute atomic E-state index is 10.2. The number of aliphatic carboxylic acids is 1. The van der Waals surface area contributed by atoms with Crippen molar-refractivity contribution < 1.29 is 14.7 Å². The van der Waals surface area contributed by atoms with E-state index >= 15 is 0 Å². The molecule has 0 aliphatic heterocycles. The first-order chi connectivity index (χ1) is 4.54. The van der Waals surface area contributed by atoms with Crippen LogP contribution in [0.2, 0.25) is 0 Å². The monoisotopic (exact) mass is 226 g/mol. The lowest BCUT2D eigenvalue weighted by Gasteiger charge is -2.02. The van der Waals surface area contributed by atoms with Crippen LogP contribution in [-0.2, 0) is 9.59 Å². The van der Waals surface area contributed by atoms with Crippen molar-refractivity contribution in [3.05, 3.63) is 0 Å². The van der Waals surface area contributed by atoms with Gasteiger partial charge < -0.3 is 16.6 Å². The van der Waals surface area contributed by atoms with Gasteiger partial charge in [-0.25, -0.2) is 0 Å². The number of carbonyl (C=O) groups excluding carboxylic acids is 1. The summed E-state index contributed by atoms with van der Waals surface area (Å²) in [7, 11) is 0. The van der Waals surface area contributed by atoms with Gasteiger partial charge in [0.15, 0.2) is 0 Å². The van der Waals surface area contributed by atoms with E-state index in [0.717, 1.165) is 0 Å². The van der Waals surface area contributed by atoms with Crippen LogP contribution >= 0.6 is 17.0 Å². The molecule has 11 heavy (non-hydrogen) atoms. The predicted molar refractivity (Wildman–Crippen MR) is 44.4 cm³/mol. The topological polar surface area (TPSA) is 106 Å². The minimum Gasteiger partial charge on any atom is -0.481 e. The highest BCUT2D eigenvalue weighted by molar-refractivity contribution is 8.93. The third-order valence-corrected chi connectivity index (χ3v) is 1.03. The summed E-state index contributed by atoms with van der Waals surface area (Å²) in [6, 6.07) is -0.837. The molecule has 0 fully saturated rings. The fourth-order valence-electron chi connectivity index (χ4n) is 0.421. The Morgan fingerprint density at radius 1 is 1.45 bits per heavy atom. The molecule has 0 aromatic carbocycles. The highest BCUT2D eigenvalue weighted by Crippen LogP contribution is 1.92. The van der Waals surface area contributed by atoms with Crippen molar-refractivity contribution >= 4 is 28.9 Å². The third-order valence-electron chi connectivity index (χ3n) is 1.03. The highest BCUT2D eigenvalue weighted by Gasteiger charge is 2.10. The van der Waals surface area contributed by atoms with E-state index in [2.05, 4.69) is 0 Å².